The molecule has 0 aliphatic carbocycles. The number of nitrogens with one attached hydrogen (secondary N) is 1. The van der Waals surface area contributed by atoms with Crippen LogP contribution < -0.4 is 5.32 Å². The predicted molar refractivity (Wildman–Crippen MR) is 97.1 cm³/mol. The smallest absolute Gasteiger partial charge is 0.228 e. The maximum absolute atomic E-state index is 12.6. The molecule has 1 aromatic carbocycles. The Morgan fingerprint density at radius 3 is 2.88 bits per heavy atom. The second-order valence-corrected chi connectivity index (χ2v) is 7.81. The first kappa shape index (κ1) is 15.8. The minimum atomic E-state index is 0.213. The molecule has 5 heteroatoms. The molecule has 126 valence electrons. The summed E-state index contributed by atoms with van der Waals surface area (Å²) in [5.74, 6) is 0.213. The number of benzene rings is 1. The minimum Gasteiger partial charge on any atom is -0.341 e. The number of carbonyl (C=O) groups is 1. The molecule has 3 heterocycles. The van der Waals surface area contributed by atoms with E-state index in [4.69, 9.17) is 0 Å². The van der Waals surface area contributed by atoms with Crippen LogP contribution >= 0.6 is 11.3 Å². The number of aromatic nitrogens is 1. The highest BCUT2D eigenvalue weighted by Crippen LogP contribution is 2.25. The van der Waals surface area contributed by atoms with Crippen molar-refractivity contribution in [2.75, 3.05) is 13.1 Å². The summed E-state index contributed by atoms with van der Waals surface area (Å²) in [4.78, 5) is 19.4. The molecule has 0 saturated carbocycles. The van der Waals surface area contributed by atoms with E-state index in [1.165, 1.54) is 18.4 Å². The van der Waals surface area contributed by atoms with Crippen LogP contribution in [0, 0.1) is 6.92 Å². The molecule has 2 aliphatic heterocycles. The fourth-order valence-corrected chi connectivity index (χ4v) is 4.48. The van der Waals surface area contributed by atoms with Gasteiger partial charge in [0.15, 0.2) is 0 Å². The van der Waals surface area contributed by atoms with Crippen molar-refractivity contribution >= 4 is 17.2 Å². The van der Waals surface area contributed by atoms with Gasteiger partial charge in [0, 0.05) is 36.1 Å². The van der Waals surface area contributed by atoms with Crippen LogP contribution in [0.2, 0.25) is 0 Å². The second kappa shape index (κ2) is 6.65. The lowest BCUT2D eigenvalue weighted by Crippen LogP contribution is -2.39. The maximum atomic E-state index is 12.6. The fraction of sp³-hybridized carbons (Fsp3) is 0.474. The summed E-state index contributed by atoms with van der Waals surface area (Å²) in [6.07, 6.45) is 3.95. The van der Waals surface area contributed by atoms with Crippen LogP contribution in [-0.4, -0.2) is 41.0 Å². The van der Waals surface area contributed by atoms with E-state index in [1.54, 1.807) is 11.3 Å². The molecule has 1 amide bonds. The van der Waals surface area contributed by atoms with E-state index >= 15 is 0 Å². The van der Waals surface area contributed by atoms with Gasteiger partial charge in [0.1, 0.15) is 5.01 Å². The van der Waals surface area contributed by atoms with E-state index in [0.29, 0.717) is 18.5 Å². The molecule has 24 heavy (non-hydrogen) atoms. The normalized spacial score (nSPS) is 23.3. The Hall–Kier alpha value is -1.72. The number of hydrogen-bond acceptors (Lipinski definition) is 4. The van der Waals surface area contributed by atoms with Crippen LogP contribution in [0.1, 0.15) is 30.5 Å². The average Bonchev–Trinajstić information content (AvgIpc) is 3.14. The molecule has 2 atom stereocenters. The highest BCUT2D eigenvalue weighted by Gasteiger charge is 2.31. The number of carbonyl (C=O) groups excluding carboxylic acids is 1. The molecule has 4 nitrogen and oxygen atoms in total. The number of nitrogens with zero attached hydrogens (tertiary/aromatic N) is 2. The zero-order valence-corrected chi connectivity index (χ0v) is 14.8. The molecule has 0 spiro atoms. The molecular formula is C19H23N3OS. The Bertz CT molecular complexity index is 724. The summed E-state index contributed by atoms with van der Waals surface area (Å²) < 4.78 is 0. The van der Waals surface area contributed by atoms with Gasteiger partial charge in [-0.2, -0.15) is 0 Å². The minimum absolute atomic E-state index is 0.213. The molecule has 1 N–H and O–H groups in total. The summed E-state index contributed by atoms with van der Waals surface area (Å²) in [6.45, 7) is 3.81. The van der Waals surface area contributed by atoms with Crippen molar-refractivity contribution < 1.29 is 4.79 Å². The Balaban J connectivity index is 1.42. The van der Waals surface area contributed by atoms with Gasteiger partial charge in [-0.3, -0.25) is 4.79 Å². The van der Waals surface area contributed by atoms with Crippen molar-refractivity contribution in [1.82, 2.24) is 15.2 Å². The number of likely N-dealkylation sites (tertiary alicyclic amines) is 1. The van der Waals surface area contributed by atoms with Crippen molar-refractivity contribution in [2.45, 2.75) is 44.7 Å². The highest BCUT2D eigenvalue weighted by atomic mass is 32.1. The van der Waals surface area contributed by atoms with Crippen molar-refractivity contribution in [3.8, 4) is 10.6 Å². The summed E-state index contributed by atoms with van der Waals surface area (Å²) in [5.41, 5.74) is 3.26. The van der Waals surface area contributed by atoms with Gasteiger partial charge < -0.3 is 10.2 Å². The van der Waals surface area contributed by atoms with Crippen molar-refractivity contribution in [2.24, 2.45) is 0 Å². The number of aryl methyl sites for hydroxylation is 1. The van der Waals surface area contributed by atoms with Crippen LogP contribution in [0.25, 0.3) is 10.6 Å². The molecule has 2 aliphatic rings. The number of amides is 1. The maximum Gasteiger partial charge on any atom is 0.228 e. The van der Waals surface area contributed by atoms with Gasteiger partial charge >= 0.3 is 0 Å². The van der Waals surface area contributed by atoms with Crippen LogP contribution in [0.4, 0.5) is 0 Å². The van der Waals surface area contributed by atoms with E-state index < -0.39 is 0 Å². The number of fused-ring (bicyclic) bond motifs is 2. The van der Waals surface area contributed by atoms with Crippen LogP contribution in [-0.2, 0) is 11.2 Å². The average molecular weight is 341 g/mol. The SMILES string of the molecule is Cc1ccc(-c2nc(CC(=O)N3CCC4CCC(C3)N4)cs2)cc1. The van der Waals surface area contributed by atoms with Gasteiger partial charge in [-0.15, -0.1) is 11.3 Å². The molecule has 2 unspecified atom stereocenters. The first-order chi connectivity index (χ1) is 11.7. The third-order valence-corrected chi connectivity index (χ3v) is 6.00. The topological polar surface area (TPSA) is 45.2 Å². The van der Waals surface area contributed by atoms with Crippen molar-refractivity contribution in [1.29, 1.82) is 0 Å². The van der Waals surface area contributed by atoms with E-state index in [2.05, 4.69) is 41.5 Å². The Morgan fingerprint density at radius 1 is 1.25 bits per heavy atom. The van der Waals surface area contributed by atoms with E-state index in [0.717, 1.165) is 35.8 Å². The van der Waals surface area contributed by atoms with E-state index in [9.17, 15) is 4.79 Å². The molecule has 2 saturated heterocycles. The zero-order chi connectivity index (χ0) is 16.5. The standard InChI is InChI=1S/C19H23N3OS/c1-13-2-4-14(5-3-13)19-21-17(12-24-19)10-18(23)22-9-8-15-6-7-16(11-22)20-15/h2-5,12,15-16,20H,6-11H2,1H3. The monoisotopic (exact) mass is 341 g/mol. The van der Waals surface area contributed by atoms with Crippen LogP contribution in [0.5, 0.6) is 0 Å². The lowest BCUT2D eigenvalue weighted by molar-refractivity contribution is -0.130. The Labute approximate surface area is 146 Å². The summed E-state index contributed by atoms with van der Waals surface area (Å²) >= 11 is 1.62. The first-order valence-electron chi connectivity index (χ1n) is 8.72. The first-order valence-corrected chi connectivity index (χ1v) is 9.60. The van der Waals surface area contributed by atoms with Gasteiger partial charge in [0.05, 0.1) is 12.1 Å². The van der Waals surface area contributed by atoms with E-state index in [-0.39, 0.29) is 5.91 Å². The van der Waals surface area contributed by atoms with Gasteiger partial charge in [-0.25, -0.2) is 4.98 Å². The third-order valence-electron chi connectivity index (χ3n) is 5.06. The highest BCUT2D eigenvalue weighted by molar-refractivity contribution is 7.13. The number of rotatable bonds is 3. The fourth-order valence-electron chi connectivity index (χ4n) is 3.65. The van der Waals surface area contributed by atoms with Crippen LogP contribution in [0.3, 0.4) is 0 Å². The zero-order valence-electron chi connectivity index (χ0n) is 14.0. The molecule has 4 rings (SSSR count). The quantitative estimate of drug-likeness (QED) is 0.933. The number of hydrogen-bond donors (Lipinski definition) is 1. The molecule has 0 radical (unpaired) electrons. The number of thiazole rings is 1. The van der Waals surface area contributed by atoms with E-state index in [1.807, 2.05) is 10.3 Å². The molecule has 2 bridgehead atoms. The van der Waals surface area contributed by atoms with Crippen LogP contribution in [0.15, 0.2) is 29.6 Å². The molecule has 2 fully saturated rings. The van der Waals surface area contributed by atoms with Crippen molar-refractivity contribution in [3.05, 3.63) is 40.9 Å². The molecule has 1 aromatic heterocycles. The summed E-state index contributed by atoms with van der Waals surface area (Å²) in [6, 6.07) is 9.48. The third kappa shape index (κ3) is 3.37. The predicted octanol–water partition coefficient (Wildman–Crippen LogP) is 3.01. The van der Waals surface area contributed by atoms with Gasteiger partial charge in [0.2, 0.25) is 5.91 Å². The Morgan fingerprint density at radius 2 is 2.04 bits per heavy atom. The molecule has 2 aromatic rings. The van der Waals surface area contributed by atoms with Crippen molar-refractivity contribution in [3.63, 3.8) is 0 Å². The molecular weight excluding hydrogens is 318 g/mol. The lowest BCUT2D eigenvalue weighted by Gasteiger charge is -2.24. The lowest BCUT2D eigenvalue weighted by atomic mass is 10.1. The van der Waals surface area contributed by atoms with Gasteiger partial charge in [0.25, 0.3) is 0 Å². The summed E-state index contributed by atoms with van der Waals surface area (Å²) in [7, 11) is 0. The van der Waals surface area contributed by atoms with Gasteiger partial charge in [-0.1, -0.05) is 29.8 Å². The largest absolute Gasteiger partial charge is 0.341 e. The van der Waals surface area contributed by atoms with Gasteiger partial charge in [-0.05, 0) is 26.2 Å². The second-order valence-electron chi connectivity index (χ2n) is 6.95. The summed E-state index contributed by atoms with van der Waals surface area (Å²) in [5, 5.41) is 6.64. The Kier molecular flexibility index (Phi) is 4.37.